The number of benzene rings is 2. The number of nitrogens with one attached hydrogen (secondary N) is 1. The molecule has 1 aliphatic carbocycles. The van der Waals surface area contributed by atoms with Crippen molar-refractivity contribution in [3.63, 3.8) is 0 Å². The molecule has 28 heavy (non-hydrogen) atoms. The SMILES string of the molecule is Cc1ccc([C@@H]2C3=C(C[C@H](c4ccc(F)cc4)CC3=O)Nc3ncnn32)cc1. The topological polar surface area (TPSA) is 59.8 Å². The fraction of sp³-hybridized carbons (Fsp3) is 0.227. The fourth-order valence-electron chi connectivity index (χ4n) is 4.18. The van der Waals surface area contributed by atoms with Crippen LogP contribution in [0.15, 0.2) is 66.1 Å². The van der Waals surface area contributed by atoms with Crippen molar-refractivity contribution in [2.24, 2.45) is 0 Å². The lowest BCUT2D eigenvalue weighted by molar-refractivity contribution is -0.116. The van der Waals surface area contributed by atoms with E-state index in [1.807, 2.05) is 31.2 Å². The number of nitrogens with zero attached hydrogens (tertiary/aromatic N) is 3. The van der Waals surface area contributed by atoms with Crippen molar-refractivity contribution in [2.75, 3.05) is 5.32 Å². The maximum absolute atomic E-state index is 13.3. The van der Waals surface area contributed by atoms with Crippen LogP contribution in [0.25, 0.3) is 0 Å². The zero-order valence-corrected chi connectivity index (χ0v) is 15.4. The Hall–Kier alpha value is -3.28. The number of allylic oxidation sites excluding steroid dienone is 2. The molecule has 0 saturated carbocycles. The average Bonchev–Trinajstić information content (AvgIpc) is 3.16. The summed E-state index contributed by atoms with van der Waals surface area (Å²) < 4.78 is 15.1. The molecule has 1 N–H and O–H groups in total. The number of rotatable bonds is 2. The fourth-order valence-corrected chi connectivity index (χ4v) is 4.18. The third-order valence-corrected chi connectivity index (χ3v) is 5.60. The summed E-state index contributed by atoms with van der Waals surface area (Å²) in [7, 11) is 0. The minimum Gasteiger partial charge on any atom is -0.328 e. The number of carbonyl (C=O) groups excluding carboxylic acids is 1. The first-order chi connectivity index (χ1) is 13.6. The number of aromatic nitrogens is 3. The summed E-state index contributed by atoms with van der Waals surface area (Å²) in [4.78, 5) is 17.5. The molecule has 2 atom stereocenters. The Labute approximate surface area is 161 Å². The number of anilines is 1. The molecule has 0 bridgehead atoms. The number of fused-ring (bicyclic) bond motifs is 1. The van der Waals surface area contributed by atoms with Crippen LogP contribution >= 0.6 is 0 Å². The van der Waals surface area contributed by atoms with Gasteiger partial charge in [-0.25, -0.2) is 9.07 Å². The van der Waals surface area contributed by atoms with Gasteiger partial charge in [0.05, 0.1) is 0 Å². The van der Waals surface area contributed by atoms with Crippen molar-refractivity contribution in [1.82, 2.24) is 14.8 Å². The summed E-state index contributed by atoms with van der Waals surface area (Å²) in [5.74, 6) is 0.480. The predicted molar refractivity (Wildman–Crippen MR) is 103 cm³/mol. The number of halogens is 1. The Kier molecular flexibility index (Phi) is 3.86. The molecule has 2 heterocycles. The molecule has 3 aromatic rings. The molecule has 2 aromatic carbocycles. The van der Waals surface area contributed by atoms with Crippen LogP contribution in [-0.4, -0.2) is 20.5 Å². The molecule has 0 amide bonds. The van der Waals surface area contributed by atoms with Gasteiger partial charge in [0, 0.05) is 17.7 Å². The highest BCUT2D eigenvalue weighted by molar-refractivity contribution is 6.00. The Morgan fingerprint density at radius 1 is 1.04 bits per heavy atom. The molecule has 0 unspecified atom stereocenters. The largest absolute Gasteiger partial charge is 0.328 e. The van der Waals surface area contributed by atoms with E-state index in [1.165, 1.54) is 18.5 Å². The van der Waals surface area contributed by atoms with E-state index in [9.17, 15) is 9.18 Å². The van der Waals surface area contributed by atoms with Crippen LogP contribution in [0.2, 0.25) is 0 Å². The number of carbonyl (C=O) groups is 1. The van der Waals surface area contributed by atoms with Crippen molar-refractivity contribution < 1.29 is 9.18 Å². The van der Waals surface area contributed by atoms with Gasteiger partial charge in [-0.2, -0.15) is 10.1 Å². The molecule has 1 aromatic heterocycles. The minimum atomic E-state index is -0.281. The van der Waals surface area contributed by atoms with Crippen molar-refractivity contribution in [3.8, 4) is 0 Å². The van der Waals surface area contributed by atoms with Crippen molar-refractivity contribution in [3.05, 3.63) is 88.6 Å². The zero-order valence-electron chi connectivity index (χ0n) is 15.4. The summed E-state index contributed by atoms with van der Waals surface area (Å²) in [5.41, 5.74) is 4.79. The molecule has 1 aliphatic heterocycles. The van der Waals surface area contributed by atoms with Gasteiger partial charge in [-0.05, 0) is 42.5 Å². The molecule has 0 radical (unpaired) electrons. The van der Waals surface area contributed by atoms with Gasteiger partial charge in [-0.1, -0.05) is 42.0 Å². The third kappa shape index (κ3) is 2.72. The second-order valence-corrected chi connectivity index (χ2v) is 7.44. The normalized spacial score (nSPS) is 21.1. The van der Waals surface area contributed by atoms with E-state index in [1.54, 1.807) is 16.8 Å². The maximum Gasteiger partial charge on any atom is 0.226 e. The second-order valence-electron chi connectivity index (χ2n) is 7.44. The lowest BCUT2D eigenvalue weighted by Crippen LogP contribution is -2.33. The van der Waals surface area contributed by atoms with E-state index >= 15 is 0 Å². The second kappa shape index (κ2) is 6.41. The van der Waals surface area contributed by atoms with Gasteiger partial charge in [0.25, 0.3) is 0 Å². The molecule has 5 nitrogen and oxygen atoms in total. The summed E-state index contributed by atoms with van der Waals surface area (Å²) in [5, 5.41) is 7.67. The molecule has 0 saturated heterocycles. The molecule has 6 heteroatoms. The first-order valence-corrected chi connectivity index (χ1v) is 9.35. The Morgan fingerprint density at radius 3 is 2.50 bits per heavy atom. The number of hydrogen-bond donors (Lipinski definition) is 1. The van der Waals surface area contributed by atoms with E-state index in [2.05, 4.69) is 15.4 Å². The van der Waals surface area contributed by atoms with E-state index in [4.69, 9.17) is 0 Å². The van der Waals surface area contributed by atoms with E-state index in [-0.39, 0.29) is 23.6 Å². The number of Topliss-reactive ketones (excluding diaryl/α,β-unsaturated/α-hetero) is 1. The van der Waals surface area contributed by atoms with Crippen molar-refractivity contribution in [1.29, 1.82) is 0 Å². The summed E-state index contributed by atoms with van der Waals surface area (Å²) >= 11 is 0. The van der Waals surface area contributed by atoms with Crippen LogP contribution in [0.1, 0.15) is 41.5 Å². The predicted octanol–water partition coefficient (Wildman–Crippen LogP) is 4.14. The Bertz CT molecular complexity index is 1080. The minimum absolute atomic E-state index is 0.0208. The molecule has 0 spiro atoms. The third-order valence-electron chi connectivity index (χ3n) is 5.60. The van der Waals surface area contributed by atoms with Crippen LogP contribution in [0.3, 0.4) is 0 Å². The summed E-state index contributed by atoms with van der Waals surface area (Å²) in [6.07, 6.45) is 2.59. The van der Waals surface area contributed by atoms with Crippen LogP contribution in [0.5, 0.6) is 0 Å². The lowest BCUT2D eigenvalue weighted by Gasteiger charge is -2.35. The van der Waals surface area contributed by atoms with E-state index in [0.29, 0.717) is 18.8 Å². The number of ketones is 1. The summed E-state index contributed by atoms with van der Waals surface area (Å²) in [6.45, 7) is 2.04. The highest BCUT2D eigenvalue weighted by atomic mass is 19.1. The highest BCUT2D eigenvalue weighted by Crippen LogP contribution is 2.43. The Morgan fingerprint density at radius 2 is 1.75 bits per heavy atom. The molecule has 140 valence electrons. The van der Waals surface area contributed by atoms with Gasteiger partial charge < -0.3 is 5.32 Å². The van der Waals surface area contributed by atoms with Crippen molar-refractivity contribution in [2.45, 2.75) is 31.7 Å². The van der Waals surface area contributed by atoms with E-state index < -0.39 is 0 Å². The smallest absolute Gasteiger partial charge is 0.226 e. The molecular formula is C22H19FN4O. The first kappa shape index (κ1) is 16.9. The van der Waals surface area contributed by atoms with Gasteiger partial charge in [0.1, 0.15) is 18.2 Å². The first-order valence-electron chi connectivity index (χ1n) is 9.35. The summed E-state index contributed by atoms with van der Waals surface area (Å²) in [6, 6.07) is 14.3. The Balaban J connectivity index is 1.58. The molecule has 2 aliphatic rings. The average molecular weight is 374 g/mol. The van der Waals surface area contributed by atoms with Crippen molar-refractivity contribution >= 4 is 11.7 Å². The molecular weight excluding hydrogens is 355 g/mol. The van der Waals surface area contributed by atoms with Crippen LogP contribution < -0.4 is 5.32 Å². The monoisotopic (exact) mass is 374 g/mol. The standard InChI is InChI=1S/C22H19FN4O/c1-13-2-4-15(5-3-13)21-20-18(26-22-24-12-25-27(21)22)10-16(11-19(20)28)14-6-8-17(23)9-7-14/h2-9,12,16,21H,10-11H2,1H3,(H,24,25,26)/t16-,21+/m0/s1. The molecule has 5 rings (SSSR count). The number of aryl methyl sites for hydroxylation is 1. The van der Waals surface area contributed by atoms with E-state index in [0.717, 1.165) is 28.0 Å². The lowest BCUT2D eigenvalue weighted by atomic mass is 9.78. The van der Waals surface area contributed by atoms with Crippen LogP contribution in [-0.2, 0) is 4.79 Å². The van der Waals surface area contributed by atoms with Gasteiger partial charge in [0.15, 0.2) is 5.78 Å². The van der Waals surface area contributed by atoms with Gasteiger partial charge >= 0.3 is 0 Å². The van der Waals surface area contributed by atoms with Gasteiger partial charge in [-0.15, -0.1) is 0 Å². The molecule has 0 fully saturated rings. The zero-order chi connectivity index (χ0) is 19.3. The maximum atomic E-state index is 13.3. The van der Waals surface area contributed by atoms with Crippen LogP contribution in [0.4, 0.5) is 10.3 Å². The van der Waals surface area contributed by atoms with Crippen LogP contribution in [0, 0.1) is 12.7 Å². The van der Waals surface area contributed by atoms with Gasteiger partial charge in [0.2, 0.25) is 5.95 Å². The number of hydrogen-bond acceptors (Lipinski definition) is 4. The van der Waals surface area contributed by atoms with Gasteiger partial charge in [-0.3, -0.25) is 4.79 Å². The highest BCUT2D eigenvalue weighted by Gasteiger charge is 2.39. The quantitative estimate of drug-likeness (QED) is 0.732.